The highest BCUT2D eigenvalue weighted by molar-refractivity contribution is 9.10. The van der Waals surface area contributed by atoms with Gasteiger partial charge in [0.1, 0.15) is 0 Å². The number of hydrogen-bond acceptors (Lipinski definition) is 2. The van der Waals surface area contributed by atoms with Crippen LogP contribution >= 0.6 is 15.9 Å². The molecule has 22 heavy (non-hydrogen) atoms. The van der Waals surface area contributed by atoms with E-state index >= 15 is 0 Å². The van der Waals surface area contributed by atoms with Crippen molar-refractivity contribution in [3.05, 3.63) is 64.0 Å². The SMILES string of the molecule is Brc1cnccc1CCNC1Cc2[nH]c3ccccc3c2C1. The number of aromatic nitrogens is 2. The van der Waals surface area contributed by atoms with Crippen molar-refractivity contribution in [1.29, 1.82) is 0 Å². The lowest BCUT2D eigenvalue weighted by atomic mass is 10.1. The van der Waals surface area contributed by atoms with Crippen LogP contribution < -0.4 is 5.32 Å². The quantitative estimate of drug-likeness (QED) is 0.750. The molecule has 0 aliphatic heterocycles. The molecule has 0 bridgehead atoms. The van der Waals surface area contributed by atoms with Gasteiger partial charge in [-0.2, -0.15) is 0 Å². The number of pyridine rings is 1. The van der Waals surface area contributed by atoms with Crippen molar-refractivity contribution >= 4 is 26.8 Å². The Morgan fingerprint density at radius 3 is 3.05 bits per heavy atom. The summed E-state index contributed by atoms with van der Waals surface area (Å²) in [6.07, 6.45) is 6.96. The highest BCUT2D eigenvalue weighted by Gasteiger charge is 2.24. The number of fused-ring (bicyclic) bond motifs is 3. The van der Waals surface area contributed by atoms with Gasteiger partial charge in [0.15, 0.2) is 0 Å². The summed E-state index contributed by atoms with van der Waals surface area (Å²) in [6, 6.07) is 11.2. The van der Waals surface area contributed by atoms with Gasteiger partial charge in [0.25, 0.3) is 0 Å². The molecule has 1 aliphatic carbocycles. The number of nitrogens with zero attached hydrogens (tertiary/aromatic N) is 1. The fourth-order valence-corrected chi connectivity index (χ4v) is 3.84. The first-order chi connectivity index (χ1) is 10.8. The van der Waals surface area contributed by atoms with Gasteiger partial charge in [-0.3, -0.25) is 4.98 Å². The van der Waals surface area contributed by atoms with Gasteiger partial charge in [-0.05, 0) is 58.6 Å². The molecule has 0 amide bonds. The summed E-state index contributed by atoms with van der Waals surface area (Å²) in [5.41, 5.74) is 5.48. The van der Waals surface area contributed by atoms with E-state index < -0.39 is 0 Å². The number of benzene rings is 1. The fourth-order valence-electron chi connectivity index (χ4n) is 3.39. The van der Waals surface area contributed by atoms with Crippen LogP contribution in [0.4, 0.5) is 0 Å². The molecule has 3 nitrogen and oxygen atoms in total. The first-order valence-electron chi connectivity index (χ1n) is 7.71. The molecule has 1 aliphatic rings. The molecular formula is C18H18BrN3. The summed E-state index contributed by atoms with van der Waals surface area (Å²) in [7, 11) is 0. The predicted octanol–water partition coefficient (Wildman–Crippen LogP) is 3.62. The van der Waals surface area contributed by atoms with Gasteiger partial charge in [-0.25, -0.2) is 0 Å². The van der Waals surface area contributed by atoms with Crippen LogP contribution in [0.15, 0.2) is 47.2 Å². The summed E-state index contributed by atoms with van der Waals surface area (Å²) in [5.74, 6) is 0. The zero-order valence-electron chi connectivity index (χ0n) is 12.3. The van der Waals surface area contributed by atoms with Crippen molar-refractivity contribution in [2.75, 3.05) is 6.54 Å². The minimum absolute atomic E-state index is 0.548. The summed E-state index contributed by atoms with van der Waals surface area (Å²) < 4.78 is 1.10. The van der Waals surface area contributed by atoms with Gasteiger partial charge in [0.2, 0.25) is 0 Å². The molecule has 0 fully saturated rings. The van der Waals surface area contributed by atoms with E-state index in [1.54, 1.807) is 0 Å². The first-order valence-corrected chi connectivity index (χ1v) is 8.51. The van der Waals surface area contributed by atoms with Crippen molar-refractivity contribution in [3.8, 4) is 0 Å². The van der Waals surface area contributed by atoms with Crippen LogP contribution in [-0.4, -0.2) is 22.6 Å². The molecule has 1 unspecified atom stereocenters. The molecule has 112 valence electrons. The highest BCUT2D eigenvalue weighted by Crippen LogP contribution is 2.29. The van der Waals surface area contributed by atoms with Crippen LogP contribution in [0.5, 0.6) is 0 Å². The Morgan fingerprint density at radius 2 is 2.14 bits per heavy atom. The van der Waals surface area contributed by atoms with Crippen LogP contribution in [0.2, 0.25) is 0 Å². The molecule has 3 aromatic rings. The zero-order valence-corrected chi connectivity index (χ0v) is 13.9. The number of nitrogens with one attached hydrogen (secondary N) is 2. The van der Waals surface area contributed by atoms with E-state index in [1.807, 2.05) is 12.4 Å². The monoisotopic (exact) mass is 355 g/mol. The minimum Gasteiger partial charge on any atom is -0.358 e. The van der Waals surface area contributed by atoms with Gasteiger partial charge in [0, 0.05) is 45.9 Å². The number of hydrogen-bond donors (Lipinski definition) is 2. The van der Waals surface area contributed by atoms with Crippen LogP contribution in [0.3, 0.4) is 0 Å². The molecule has 0 saturated heterocycles. The second-order valence-corrected chi connectivity index (χ2v) is 6.76. The third kappa shape index (κ3) is 2.57. The van der Waals surface area contributed by atoms with Crippen molar-refractivity contribution in [2.45, 2.75) is 25.3 Å². The standard InChI is InChI=1S/C18H18BrN3/c19-16-11-20-7-5-12(16)6-8-21-13-9-15-14-3-1-2-4-17(14)22-18(15)10-13/h1-5,7,11,13,21-22H,6,8-10H2. The second kappa shape index (κ2) is 5.86. The van der Waals surface area contributed by atoms with E-state index in [0.717, 1.165) is 30.3 Å². The maximum absolute atomic E-state index is 4.11. The normalized spacial score (nSPS) is 17.0. The number of para-hydroxylation sites is 1. The molecule has 4 heteroatoms. The Balaban J connectivity index is 1.39. The molecule has 2 aromatic heterocycles. The van der Waals surface area contributed by atoms with E-state index in [1.165, 1.54) is 27.7 Å². The molecule has 1 aromatic carbocycles. The van der Waals surface area contributed by atoms with Crippen molar-refractivity contribution in [1.82, 2.24) is 15.3 Å². The van der Waals surface area contributed by atoms with Gasteiger partial charge >= 0.3 is 0 Å². The Bertz CT molecular complexity index is 809. The zero-order chi connectivity index (χ0) is 14.9. The highest BCUT2D eigenvalue weighted by atomic mass is 79.9. The van der Waals surface area contributed by atoms with Crippen LogP contribution in [0.25, 0.3) is 10.9 Å². The van der Waals surface area contributed by atoms with Gasteiger partial charge in [-0.1, -0.05) is 18.2 Å². The molecule has 2 N–H and O–H groups in total. The third-order valence-electron chi connectivity index (χ3n) is 4.49. The Labute approximate surface area is 138 Å². The van der Waals surface area contributed by atoms with Crippen molar-refractivity contribution in [3.63, 3.8) is 0 Å². The van der Waals surface area contributed by atoms with E-state index in [9.17, 15) is 0 Å². The van der Waals surface area contributed by atoms with E-state index in [4.69, 9.17) is 0 Å². The maximum Gasteiger partial charge on any atom is 0.0458 e. The van der Waals surface area contributed by atoms with Crippen LogP contribution in [0, 0.1) is 0 Å². The summed E-state index contributed by atoms with van der Waals surface area (Å²) >= 11 is 3.56. The van der Waals surface area contributed by atoms with Crippen LogP contribution in [0.1, 0.15) is 16.8 Å². The summed E-state index contributed by atoms with van der Waals surface area (Å²) in [5, 5.41) is 5.08. The molecule has 1 atom stereocenters. The van der Waals surface area contributed by atoms with Gasteiger partial charge in [0.05, 0.1) is 0 Å². The molecule has 2 heterocycles. The number of H-pyrrole nitrogens is 1. The lowest BCUT2D eigenvalue weighted by Gasteiger charge is -2.12. The number of rotatable bonds is 4. The summed E-state index contributed by atoms with van der Waals surface area (Å²) in [4.78, 5) is 7.68. The second-order valence-electron chi connectivity index (χ2n) is 5.90. The van der Waals surface area contributed by atoms with Crippen molar-refractivity contribution in [2.24, 2.45) is 0 Å². The maximum atomic E-state index is 4.11. The Morgan fingerprint density at radius 1 is 1.23 bits per heavy atom. The smallest absolute Gasteiger partial charge is 0.0458 e. The van der Waals surface area contributed by atoms with Crippen LogP contribution in [-0.2, 0) is 19.3 Å². The third-order valence-corrected chi connectivity index (χ3v) is 5.20. The van der Waals surface area contributed by atoms with Gasteiger partial charge in [-0.15, -0.1) is 0 Å². The lowest BCUT2D eigenvalue weighted by Crippen LogP contribution is -2.31. The molecule has 0 spiro atoms. The predicted molar refractivity (Wildman–Crippen MR) is 93.1 cm³/mol. The molecule has 0 saturated carbocycles. The number of halogens is 1. The van der Waals surface area contributed by atoms with Gasteiger partial charge < -0.3 is 10.3 Å². The molecule has 4 rings (SSSR count). The lowest BCUT2D eigenvalue weighted by molar-refractivity contribution is 0.534. The minimum atomic E-state index is 0.548. The fraction of sp³-hybridized carbons (Fsp3) is 0.278. The van der Waals surface area contributed by atoms with E-state index in [0.29, 0.717) is 6.04 Å². The van der Waals surface area contributed by atoms with Crippen molar-refractivity contribution < 1.29 is 0 Å². The largest absolute Gasteiger partial charge is 0.358 e. The first kappa shape index (κ1) is 14.0. The summed E-state index contributed by atoms with van der Waals surface area (Å²) in [6.45, 7) is 0.996. The molecular weight excluding hydrogens is 338 g/mol. The average molecular weight is 356 g/mol. The average Bonchev–Trinajstić information content (AvgIpc) is 3.06. The van der Waals surface area contributed by atoms with E-state index in [2.05, 4.69) is 61.5 Å². The Hall–Kier alpha value is -1.65. The Kier molecular flexibility index (Phi) is 3.72. The number of aromatic amines is 1. The molecule has 0 radical (unpaired) electrons. The van der Waals surface area contributed by atoms with E-state index in [-0.39, 0.29) is 0 Å². The topological polar surface area (TPSA) is 40.7 Å².